The Balaban J connectivity index is 1.17. The highest BCUT2D eigenvalue weighted by Gasteiger charge is 2.47. The van der Waals surface area contributed by atoms with E-state index in [1.54, 1.807) is 0 Å². The van der Waals surface area contributed by atoms with Gasteiger partial charge in [-0.3, -0.25) is 0 Å². The molecule has 2 nitrogen and oxygen atoms in total. The van der Waals surface area contributed by atoms with E-state index in [4.69, 9.17) is 4.42 Å². The number of fused-ring (bicyclic) bond motifs is 9. The summed E-state index contributed by atoms with van der Waals surface area (Å²) in [5.41, 5.74) is 14.4. The maximum Gasteiger partial charge on any atom is 0.143 e. The van der Waals surface area contributed by atoms with Crippen molar-refractivity contribution in [1.82, 2.24) is 0 Å². The molecule has 0 spiro atoms. The molecule has 0 fully saturated rings. The molecule has 0 N–H and O–H groups in total. The van der Waals surface area contributed by atoms with E-state index in [0.717, 1.165) is 50.1 Å². The smallest absolute Gasteiger partial charge is 0.143 e. The zero-order valence-electron chi connectivity index (χ0n) is 31.5. The summed E-state index contributed by atoms with van der Waals surface area (Å²) in [5.74, 6) is 0. The van der Waals surface area contributed by atoms with Gasteiger partial charge in [0.1, 0.15) is 11.2 Å². The van der Waals surface area contributed by atoms with E-state index in [0.29, 0.717) is 0 Å². The predicted octanol–water partition coefficient (Wildman–Crippen LogP) is 15.5. The molecule has 0 saturated heterocycles. The average molecular weight is 758 g/mol. The SMILES string of the molecule is c1ccc(C2(c3ccccc3)c3ccccc3-c3c(N(c4cccc(-c5cccc6c5oc5ccccc56)c4)c4cccc5c4sc4ccccc45)cccc32)cc1. The zero-order valence-corrected chi connectivity index (χ0v) is 32.3. The van der Waals surface area contributed by atoms with Crippen LogP contribution < -0.4 is 4.90 Å². The molecule has 12 rings (SSSR count). The fourth-order valence-electron chi connectivity index (χ4n) is 9.76. The van der Waals surface area contributed by atoms with Crippen molar-refractivity contribution in [2.75, 3.05) is 4.90 Å². The van der Waals surface area contributed by atoms with Gasteiger partial charge in [0.05, 0.1) is 21.5 Å². The molecular formula is C55H35NOS. The lowest BCUT2D eigenvalue weighted by Crippen LogP contribution is -2.28. The Labute approximate surface area is 340 Å². The van der Waals surface area contributed by atoms with E-state index < -0.39 is 5.41 Å². The largest absolute Gasteiger partial charge is 0.455 e. The molecule has 272 valence electrons. The molecule has 3 heteroatoms. The molecular weight excluding hydrogens is 723 g/mol. The Morgan fingerprint density at radius 1 is 0.431 bits per heavy atom. The van der Waals surface area contributed by atoms with Crippen molar-refractivity contribution in [2.45, 2.75) is 5.41 Å². The number of benzene rings is 9. The summed E-state index contributed by atoms with van der Waals surface area (Å²) in [7, 11) is 0. The molecule has 1 aliphatic rings. The molecule has 58 heavy (non-hydrogen) atoms. The van der Waals surface area contributed by atoms with Crippen LogP contribution in [0, 0.1) is 0 Å². The molecule has 2 heterocycles. The third-order valence-electron chi connectivity index (χ3n) is 12.1. The Hall–Kier alpha value is -7.20. The van der Waals surface area contributed by atoms with Gasteiger partial charge in [-0.05, 0) is 69.8 Å². The van der Waals surface area contributed by atoms with Crippen molar-refractivity contribution in [3.05, 3.63) is 235 Å². The van der Waals surface area contributed by atoms with Gasteiger partial charge < -0.3 is 9.32 Å². The normalized spacial score (nSPS) is 13.0. The van der Waals surface area contributed by atoms with Crippen molar-refractivity contribution >= 4 is 70.5 Å². The number of thiophene rings is 1. The second-order valence-electron chi connectivity index (χ2n) is 15.1. The molecule has 11 aromatic rings. The maximum atomic E-state index is 6.59. The molecule has 0 unspecified atom stereocenters. The first-order chi connectivity index (χ1) is 28.8. The van der Waals surface area contributed by atoms with Gasteiger partial charge >= 0.3 is 0 Å². The van der Waals surface area contributed by atoms with E-state index in [1.165, 1.54) is 53.6 Å². The van der Waals surface area contributed by atoms with E-state index in [1.807, 2.05) is 17.4 Å². The topological polar surface area (TPSA) is 16.4 Å². The fraction of sp³-hybridized carbons (Fsp3) is 0.0182. The molecule has 0 bridgehead atoms. The van der Waals surface area contributed by atoms with Gasteiger partial charge in [0.2, 0.25) is 0 Å². The monoisotopic (exact) mass is 757 g/mol. The molecule has 2 aromatic heterocycles. The molecule has 0 atom stereocenters. The maximum absolute atomic E-state index is 6.59. The highest BCUT2D eigenvalue weighted by molar-refractivity contribution is 7.26. The number of para-hydroxylation sites is 2. The molecule has 1 aliphatic carbocycles. The third-order valence-corrected chi connectivity index (χ3v) is 13.4. The van der Waals surface area contributed by atoms with Gasteiger partial charge in [-0.1, -0.05) is 176 Å². The molecule has 0 radical (unpaired) electrons. The van der Waals surface area contributed by atoms with Crippen molar-refractivity contribution in [3.63, 3.8) is 0 Å². The van der Waals surface area contributed by atoms with Crippen LogP contribution in [0.1, 0.15) is 22.3 Å². The number of furan rings is 1. The first kappa shape index (κ1) is 33.0. The first-order valence-corrected chi connectivity index (χ1v) is 20.7. The van der Waals surface area contributed by atoms with Gasteiger partial charge in [-0.15, -0.1) is 11.3 Å². The highest BCUT2D eigenvalue weighted by atomic mass is 32.1. The van der Waals surface area contributed by atoms with Crippen LogP contribution in [-0.4, -0.2) is 0 Å². The minimum Gasteiger partial charge on any atom is -0.455 e. The lowest BCUT2D eigenvalue weighted by Gasteiger charge is -2.34. The number of hydrogen-bond donors (Lipinski definition) is 0. The lowest BCUT2D eigenvalue weighted by atomic mass is 9.68. The quantitative estimate of drug-likeness (QED) is 0.168. The summed E-state index contributed by atoms with van der Waals surface area (Å²) in [5, 5.41) is 4.81. The van der Waals surface area contributed by atoms with Crippen LogP contribution >= 0.6 is 11.3 Å². The molecule has 0 saturated carbocycles. The number of nitrogens with zero attached hydrogens (tertiary/aromatic N) is 1. The van der Waals surface area contributed by atoms with Gasteiger partial charge in [-0.2, -0.15) is 0 Å². The summed E-state index contributed by atoms with van der Waals surface area (Å²) in [6.07, 6.45) is 0. The summed E-state index contributed by atoms with van der Waals surface area (Å²) in [4.78, 5) is 2.52. The third kappa shape index (κ3) is 4.71. The summed E-state index contributed by atoms with van der Waals surface area (Å²) >= 11 is 1.87. The van der Waals surface area contributed by atoms with Crippen LogP contribution in [-0.2, 0) is 5.41 Å². The number of hydrogen-bond acceptors (Lipinski definition) is 3. The van der Waals surface area contributed by atoms with E-state index >= 15 is 0 Å². The molecule has 0 aliphatic heterocycles. The highest BCUT2D eigenvalue weighted by Crippen LogP contribution is 2.60. The van der Waals surface area contributed by atoms with E-state index in [2.05, 4.69) is 211 Å². The summed E-state index contributed by atoms with van der Waals surface area (Å²) in [6.45, 7) is 0. The lowest BCUT2D eigenvalue weighted by molar-refractivity contribution is 0.670. The standard InChI is InChI=1S/C55H35NOS/c1-3-18-37(19-4-1)55(38-20-5-2-6-21-38)46-29-10-7-25-45(46)52-47(55)30-16-31-48(52)56(49-32-15-28-44-42-24-9-12-34-51(42)58-54(44)49)39-22-13-17-36(35-39)40-26-14-27-43-41-23-8-11-33-50(41)57-53(40)43/h1-35H. The van der Waals surface area contributed by atoms with Gasteiger partial charge in [0.25, 0.3) is 0 Å². The van der Waals surface area contributed by atoms with Crippen LogP contribution in [0.4, 0.5) is 17.1 Å². The molecule has 9 aromatic carbocycles. The van der Waals surface area contributed by atoms with Gasteiger partial charge in [0.15, 0.2) is 0 Å². The zero-order chi connectivity index (χ0) is 38.2. The van der Waals surface area contributed by atoms with Gasteiger partial charge in [0, 0.05) is 43.1 Å². The Bertz CT molecular complexity index is 3320. The van der Waals surface area contributed by atoms with E-state index in [-0.39, 0.29) is 0 Å². The van der Waals surface area contributed by atoms with Crippen LogP contribution in [0.15, 0.2) is 217 Å². The van der Waals surface area contributed by atoms with Crippen LogP contribution in [0.5, 0.6) is 0 Å². The van der Waals surface area contributed by atoms with E-state index in [9.17, 15) is 0 Å². The first-order valence-electron chi connectivity index (χ1n) is 19.8. The van der Waals surface area contributed by atoms with Crippen molar-refractivity contribution in [1.29, 1.82) is 0 Å². The van der Waals surface area contributed by atoms with Crippen LogP contribution in [0.3, 0.4) is 0 Å². The molecule has 0 amide bonds. The fourth-order valence-corrected chi connectivity index (χ4v) is 11.0. The second kappa shape index (κ2) is 12.9. The minimum absolute atomic E-state index is 0.515. The van der Waals surface area contributed by atoms with Crippen molar-refractivity contribution in [3.8, 4) is 22.3 Å². The predicted molar refractivity (Wildman–Crippen MR) is 244 cm³/mol. The second-order valence-corrected chi connectivity index (χ2v) is 16.2. The Morgan fingerprint density at radius 3 is 1.88 bits per heavy atom. The minimum atomic E-state index is -0.515. The van der Waals surface area contributed by atoms with Crippen LogP contribution in [0.2, 0.25) is 0 Å². The Kier molecular flexibility index (Phi) is 7.35. The number of rotatable bonds is 6. The van der Waals surface area contributed by atoms with Crippen molar-refractivity contribution < 1.29 is 4.42 Å². The summed E-state index contributed by atoms with van der Waals surface area (Å²) < 4.78 is 9.14. The van der Waals surface area contributed by atoms with Crippen LogP contribution in [0.25, 0.3) is 64.4 Å². The summed E-state index contributed by atoms with van der Waals surface area (Å²) in [6, 6.07) is 77.5. The average Bonchev–Trinajstić information content (AvgIpc) is 3.97. The Morgan fingerprint density at radius 2 is 1.03 bits per heavy atom. The van der Waals surface area contributed by atoms with Crippen molar-refractivity contribution in [2.24, 2.45) is 0 Å². The number of anilines is 3. The van der Waals surface area contributed by atoms with Gasteiger partial charge in [-0.25, -0.2) is 0 Å².